The van der Waals surface area contributed by atoms with E-state index >= 15 is 0 Å². The Labute approximate surface area is 166 Å². The maximum Gasteiger partial charge on any atom is 0.122 e. The van der Waals surface area contributed by atoms with E-state index in [9.17, 15) is 4.39 Å². The van der Waals surface area contributed by atoms with Crippen LogP contribution in [0.15, 0.2) is 60.0 Å². The van der Waals surface area contributed by atoms with E-state index < -0.39 is 6.17 Å². The summed E-state index contributed by atoms with van der Waals surface area (Å²) in [5.41, 5.74) is 2.50. The third kappa shape index (κ3) is 11.0. The van der Waals surface area contributed by atoms with Gasteiger partial charge in [0.15, 0.2) is 0 Å². The third-order valence-electron chi connectivity index (χ3n) is 4.68. The van der Waals surface area contributed by atoms with Crippen molar-refractivity contribution in [1.82, 2.24) is 10.6 Å². The molecule has 0 heterocycles. The smallest absolute Gasteiger partial charge is 0.122 e. The van der Waals surface area contributed by atoms with Crippen LogP contribution in [0, 0.1) is 5.92 Å². The van der Waals surface area contributed by atoms with Gasteiger partial charge in [-0.05, 0) is 55.7 Å². The van der Waals surface area contributed by atoms with Crippen LogP contribution in [0.25, 0.3) is 0 Å². The molecule has 0 aromatic heterocycles. The van der Waals surface area contributed by atoms with Gasteiger partial charge in [0, 0.05) is 31.4 Å². The monoisotopic (exact) mass is 374 g/mol. The number of halogens is 1. The quantitative estimate of drug-likeness (QED) is 0.411. The molecule has 0 spiro atoms. The zero-order chi connectivity index (χ0) is 19.9. The van der Waals surface area contributed by atoms with Crippen molar-refractivity contribution in [1.29, 1.82) is 0 Å². The van der Waals surface area contributed by atoms with Crippen LogP contribution < -0.4 is 10.6 Å². The van der Waals surface area contributed by atoms with E-state index in [4.69, 9.17) is 0 Å². The van der Waals surface area contributed by atoms with Gasteiger partial charge in [-0.3, -0.25) is 0 Å². The van der Waals surface area contributed by atoms with Crippen LogP contribution >= 0.6 is 0 Å². The Morgan fingerprint density at radius 3 is 2.70 bits per heavy atom. The minimum atomic E-state index is -0.803. The molecule has 2 atom stereocenters. The molecule has 0 aromatic rings. The molecular formula is C24H39FN2. The fourth-order valence-electron chi connectivity index (χ4n) is 3.03. The number of alkyl halides is 1. The second-order valence-electron chi connectivity index (χ2n) is 7.15. The van der Waals surface area contributed by atoms with Crippen molar-refractivity contribution in [2.24, 2.45) is 5.92 Å². The first kappa shape index (κ1) is 23.4. The van der Waals surface area contributed by atoms with Gasteiger partial charge in [-0.2, -0.15) is 0 Å². The Hall–Kier alpha value is -1.61. The van der Waals surface area contributed by atoms with Gasteiger partial charge in [-0.15, -0.1) is 0 Å². The fraction of sp³-hybridized carbons (Fsp3) is 0.583. The molecule has 3 heteroatoms. The second kappa shape index (κ2) is 14.4. The van der Waals surface area contributed by atoms with E-state index in [1.807, 2.05) is 44.4 Å². The SMILES string of the molecule is CC.CCCC(NC/C(C)=C/N/C=C\C=C/CC1=CCC(F)C=C1)C1CC1. The van der Waals surface area contributed by atoms with Crippen molar-refractivity contribution in [2.45, 2.75) is 78.4 Å². The van der Waals surface area contributed by atoms with Crippen LogP contribution in [0.3, 0.4) is 0 Å². The summed E-state index contributed by atoms with van der Waals surface area (Å²) in [5.74, 6) is 0.913. The van der Waals surface area contributed by atoms with E-state index in [1.54, 1.807) is 6.08 Å². The van der Waals surface area contributed by atoms with Crippen LogP contribution in [-0.2, 0) is 0 Å². The molecule has 1 saturated carbocycles. The molecule has 2 rings (SSSR count). The highest BCUT2D eigenvalue weighted by Crippen LogP contribution is 2.34. The molecule has 152 valence electrons. The predicted octanol–water partition coefficient (Wildman–Crippen LogP) is 6.36. The molecule has 0 amide bonds. The normalized spacial score (nSPS) is 21.1. The van der Waals surface area contributed by atoms with Gasteiger partial charge >= 0.3 is 0 Å². The summed E-state index contributed by atoms with van der Waals surface area (Å²) >= 11 is 0. The summed E-state index contributed by atoms with van der Waals surface area (Å²) in [6, 6.07) is 0.697. The van der Waals surface area contributed by atoms with Gasteiger partial charge in [0.25, 0.3) is 0 Å². The molecule has 0 aliphatic heterocycles. The van der Waals surface area contributed by atoms with Crippen LogP contribution in [0.2, 0.25) is 0 Å². The van der Waals surface area contributed by atoms with Crippen LogP contribution in [0.4, 0.5) is 4.39 Å². The lowest BCUT2D eigenvalue weighted by Gasteiger charge is -2.17. The maximum atomic E-state index is 13.0. The lowest BCUT2D eigenvalue weighted by atomic mass is 10.0. The number of hydrogen-bond donors (Lipinski definition) is 2. The van der Waals surface area contributed by atoms with E-state index in [0.717, 1.165) is 18.9 Å². The minimum Gasteiger partial charge on any atom is -0.368 e. The third-order valence-corrected chi connectivity index (χ3v) is 4.68. The molecule has 27 heavy (non-hydrogen) atoms. The van der Waals surface area contributed by atoms with Crippen molar-refractivity contribution in [3.63, 3.8) is 0 Å². The zero-order valence-electron chi connectivity index (χ0n) is 17.7. The molecule has 0 radical (unpaired) electrons. The second-order valence-corrected chi connectivity index (χ2v) is 7.15. The van der Waals surface area contributed by atoms with Crippen LogP contribution in [0.5, 0.6) is 0 Å². The van der Waals surface area contributed by atoms with Crippen molar-refractivity contribution >= 4 is 0 Å². The Kier molecular flexibility index (Phi) is 12.5. The largest absolute Gasteiger partial charge is 0.368 e. The van der Waals surface area contributed by atoms with E-state index in [1.165, 1.54) is 36.8 Å². The first-order valence-electron chi connectivity index (χ1n) is 10.7. The van der Waals surface area contributed by atoms with Gasteiger partial charge in [-0.25, -0.2) is 4.39 Å². The molecule has 0 aromatic carbocycles. The average molecular weight is 375 g/mol. The summed E-state index contributed by atoms with van der Waals surface area (Å²) in [6.07, 6.45) is 21.5. The highest BCUT2D eigenvalue weighted by atomic mass is 19.1. The molecule has 2 aliphatic rings. The summed E-state index contributed by atoms with van der Waals surface area (Å²) in [6.45, 7) is 9.37. The van der Waals surface area contributed by atoms with E-state index in [0.29, 0.717) is 12.5 Å². The molecule has 2 N–H and O–H groups in total. The van der Waals surface area contributed by atoms with Crippen molar-refractivity contribution < 1.29 is 4.39 Å². The molecular weight excluding hydrogens is 335 g/mol. The Bertz CT molecular complexity index is 539. The van der Waals surface area contributed by atoms with Crippen LogP contribution in [0.1, 0.15) is 66.2 Å². The topological polar surface area (TPSA) is 24.1 Å². The highest BCUT2D eigenvalue weighted by molar-refractivity contribution is 5.27. The molecule has 2 unspecified atom stereocenters. The van der Waals surface area contributed by atoms with Crippen molar-refractivity contribution in [2.75, 3.05) is 6.54 Å². The minimum absolute atomic E-state index is 0.509. The number of rotatable bonds is 11. The standard InChI is InChI=1S/C22H33FN2.C2H6/c1-3-7-22(20-11-12-20)25-17-18(2)16-24-15-6-4-5-8-19-9-13-21(23)14-10-19;1-2/h4-6,9-10,13,15-16,20-22,24-25H,3,7-8,11-12,14,17H2,1-2H3;1-2H3/b5-4-,15-6-,18-16+;. The fourth-order valence-corrected chi connectivity index (χ4v) is 3.03. The highest BCUT2D eigenvalue weighted by Gasteiger charge is 2.29. The molecule has 2 aliphatic carbocycles. The molecule has 1 fully saturated rings. The van der Waals surface area contributed by atoms with Gasteiger partial charge < -0.3 is 10.6 Å². The number of allylic oxidation sites excluding steroid dienone is 7. The molecule has 0 bridgehead atoms. The summed E-state index contributed by atoms with van der Waals surface area (Å²) in [7, 11) is 0. The van der Waals surface area contributed by atoms with Crippen LogP contribution in [-0.4, -0.2) is 18.8 Å². The Morgan fingerprint density at radius 2 is 2.07 bits per heavy atom. The molecule has 0 saturated heterocycles. The Balaban J connectivity index is 0.00000176. The van der Waals surface area contributed by atoms with Crippen molar-refractivity contribution in [3.8, 4) is 0 Å². The number of hydrogen-bond acceptors (Lipinski definition) is 2. The number of nitrogens with one attached hydrogen (secondary N) is 2. The van der Waals surface area contributed by atoms with Crippen molar-refractivity contribution in [3.05, 3.63) is 60.0 Å². The lowest BCUT2D eigenvalue weighted by molar-refractivity contribution is 0.400. The van der Waals surface area contributed by atoms with Gasteiger partial charge in [0.2, 0.25) is 0 Å². The average Bonchev–Trinajstić information content (AvgIpc) is 3.52. The molecule has 2 nitrogen and oxygen atoms in total. The van der Waals surface area contributed by atoms with E-state index in [-0.39, 0.29) is 0 Å². The summed E-state index contributed by atoms with van der Waals surface area (Å²) in [5, 5.41) is 6.92. The first-order valence-corrected chi connectivity index (χ1v) is 10.7. The van der Waals surface area contributed by atoms with Gasteiger partial charge in [0.1, 0.15) is 6.17 Å². The maximum absolute atomic E-state index is 13.0. The van der Waals surface area contributed by atoms with Gasteiger partial charge in [-0.1, -0.05) is 57.6 Å². The van der Waals surface area contributed by atoms with E-state index in [2.05, 4.69) is 36.8 Å². The predicted molar refractivity (Wildman–Crippen MR) is 117 cm³/mol. The first-order chi connectivity index (χ1) is 13.2. The summed E-state index contributed by atoms with van der Waals surface area (Å²) < 4.78 is 13.0. The Morgan fingerprint density at radius 1 is 1.30 bits per heavy atom. The zero-order valence-corrected chi connectivity index (χ0v) is 17.7. The van der Waals surface area contributed by atoms with Gasteiger partial charge in [0.05, 0.1) is 0 Å². The lowest BCUT2D eigenvalue weighted by Crippen LogP contribution is -2.32. The summed E-state index contributed by atoms with van der Waals surface area (Å²) in [4.78, 5) is 0.